The molecule has 0 aliphatic heterocycles. The minimum absolute atomic E-state index is 0.118. The van der Waals surface area contributed by atoms with Gasteiger partial charge in [-0.1, -0.05) is 42.7 Å². The van der Waals surface area contributed by atoms with Crippen molar-refractivity contribution in [3.63, 3.8) is 0 Å². The second-order valence-electron chi connectivity index (χ2n) is 7.03. The minimum Gasteiger partial charge on any atom is -0.496 e. The van der Waals surface area contributed by atoms with E-state index in [9.17, 15) is 18.0 Å². The Balaban J connectivity index is 1.94. The van der Waals surface area contributed by atoms with E-state index >= 15 is 0 Å². The first-order valence-electron chi connectivity index (χ1n) is 8.90. The van der Waals surface area contributed by atoms with E-state index in [0.717, 1.165) is 30.0 Å². The van der Waals surface area contributed by atoms with E-state index in [2.05, 4.69) is 5.32 Å². The lowest BCUT2D eigenvalue weighted by Crippen LogP contribution is -2.38. The average Bonchev–Trinajstić information content (AvgIpc) is 3.12. The van der Waals surface area contributed by atoms with E-state index < -0.39 is 17.2 Å². The summed E-state index contributed by atoms with van der Waals surface area (Å²) in [6.45, 7) is 1.96. The van der Waals surface area contributed by atoms with Gasteiger partial charge in [0.15, 0.2) is 0 Å². The van der Waals surface area contributed by atoms with Crippen molar-refractivity contribution in [1.82, 2.24) is 0 Å². The summed E-state index contributed by atoms with van der Waals surface area (Å²) >= 11 is 0. The van der Waals surface area contributed by atoms with Crippen LogP contribution in [0.4, 0.5) is 18.9 Å². The fourth-order valence-electron chi connectivity index (χ4n) is 3.83. The Morgan fingerprint density at radius 3 is 2.41 bits per heavy atom. The summed E-state index contributed by atoms with van der Waals surface area (Å²) in [6.07, 6.45) is -1.36. The Morgan fingerprint density at radius 1 is 1.11 bits per heavy atom. The molecule has 0 bridgehead atoms. The maximum atomic E-state index is 13.2. The normalized spacial score (nSPS) is 16.2. The van der Waals surface area contributed by atoms with Crippen LogP contribution in [0.5, 0.6) is 5.75 Å². The number of halogens is 3. The number of hydrogen-bond acceptors (Lipinski definition) is 2. The standard InChI is InChI=1S/C21H22F3NO2/c1-14-6-5-7-15(12-14)20(10-3-4-11-20)19(26)25-16-8-9-18(27-2)17(13-16)21(22,23)24/h5-9,12-13H,3-4,10-11H2,1-2H3,(H,25,26). The number of anilines is 1. The molecule has 0 saturated heterocycles. The van der Waals surface area contributed by atoms with Crippen molar-refractivity contribution < 1.29 is 22.7 Å². The van der Waals surface area contributed by atoms with Gasteiger partial charge in [-0.3, -0.25) is 4.79 Å². The van der Waals surface area contributed by atoms with Gasteiger partial charge in [0.2, 0.25) is 5.91 Å². The second kappa shape index (κ2) is 7.25. The molecule has 27 heavy (non-hydrogen) atoms. The lowest BCUT2D eigenvalue weighted by molar-refractivity contribution is -0.138. The molecule has 3 nitrogen and oxygen atoms in total. The number of nitrogens with one attached hydrogen (secondary N) is 1. The third kappa shape index (κ3) is 3.80. The second-order valence-corrected chi connectivity index (χ2v) is 7.03. The Labute approximate surface area is 156 Å². The van der Waals surface area contributed by atoms with Gasteiger partial charge < -0.3 is 10.1 Å². The van der Waals surface area contributed by atoms with Crippen molar-refractivity contribution in [3.8, 4) is 5.75 Å². The zero-order valence-electron chi connectivity index (χ0n) is 15.3. The SMILES string of the molecule is COc1ccc(NC(=O)C2(c3cccc(C)c3)CCCC2)cc1C(F)(F)F. The van der Waals surface area contributed by atoms with Crippen LogP contribution in [0.3, 0.4) is 0 Å². The molecule has 0 aromatic heterocycles. The summed E-state index contributed by atoms with van der Waals surface area (Å²) in [5.41, 5.74) is 0.480. The molecule has 2 aromatic carbocycles. The topological polar surface area (TPSA) is 38.3 Å². The number of amides is 1. The maximum Gasteiger partial charge on any atom is 0.420 e. The zero-order chi connectivity index (χ0) is 19.7. The number of benzene rings is 2. The van der Waals surface area contributed by atoms with Crippen molar-refractivity contribution in [3.05, 3.63) is 59.2 Å². The van der Waals surface area contributed by atoms with Crippen molar-refractivity contribution >= 4 is 11.6 Å². The summed E-state index contributed by atoms with van der Waals surface area (Å²) in [4.78, 5) is 13.1. The number of hydrogen-bond donors (Lipinski definition) is 1. The van der Waals surface area contributed by atoms with Gasteiger partial charge in [-0.25, -0.2) is 0 Å². The highest BCUT2D eigenvalue weighted by atomic mass is 19.4. The Kier molecular flexibility index (Phi) is 5.18. The summed E-state index contributed by atoms with van der Waals surface area (Å²) in [7, 11) is 1.19. The highest BCUT2D eigenvalue weighted by Gasteiger charge is 2.43. The molecule has 2 aromatic rings. The molecule has 0 spiro atoms. The predicted molar refractivity (Wildman–Crippen MR) is 98.0 cm³/mol. The number of aryl methyl sites for hydroxylation is 1. The summed E-state index contributed by atoms with van der Waals surface area (Å²) in [5, 5.41) is 2.71. The number of carbonyl (C=O) groups excluding carboxylic acids is 1. The smallest absolute Gasteiger partial charge is 0.420 e. The van der Waals surface area contributed by atoms with Gasteiger partial charge in [-0.05, 0) is 43.5 Å². The van der Waals surface area contributed by atoms with Gasteiger partial charge in [-0.15, -0.1) is 0 Å². The van der Waals surface area contributed by atoms with E-state index in [4.69, 9.17) is 4.74 Å². The molecular formula is C21H22F3NO2. The first-order valence-corrected chi connectivity index (χ1v) is 8.90. The number of alkyl halides is 3. The molecule has 0 unspecified atom stereocenters. The largest absolute Gasteiger partial charge is 0.496 e. The number of methoxy groups -OCH3 is 1. The fraction of sp³-hybridized carbons (Fsp3) is 0.381. The molecule has 0 heterocycles. The lowest BCUT2D eigenvalue weighted by atomic mass is 9.77. The molecule has 6 heteroatoms. The van der Waals surface area contributed by atoms with E-state index in [1.54, 1.807) is 0 Å². The van der Waals surface area contributed by atoms with Gasteiger partial charge in [0, 0.05) is 5.69 Å². The van der Waals surface area contributed by atoms with Crippen molar-refractivity contribution in [1.29, 1.82) is 0 Å². The van der Waals surface area contributed by atoms with Crippen LogP contribution >= 0.6 is 0 Å². The molecule has 1 amide bonds. The first kappa shape index (κ1) is 19.3. The molecule has 1 saturated carbocycles. The van der Waals surface area contributed by atoms with Gasteiger partial charge in [0.25, 0.3) is 0 Å². The third-order valence-electron chi connectivity index (χ3n) is 5.23. The third-order valence-corrected chi connectivity index (χ3v) is 5.23. The van der Waals surface area contributed by atoms with Gasteiger partial charge in [0.1, 0.15) is 5.75 Å². The predicted octanol–water partition coefficient (Wildman–Crippen LogP) is 5.47. The van der Waals surface area contributed by atoms with Crippen LogP contribution in [0.25, 0.3) is 0 Å². The number of ether oxygens (including phenoxy) is 1. The van der Waals surface area contributed by atoms with Crippen molar-refractivity contribution in [2.75, 3.05) is 12.4 Å². The van der Waals surface area contributed by atoms with Crippen LogP contribution in [0, 0.1) is 6.92 Å². The highest BCUT2D eigenvalue weighted by molar-refractivity contribution is 5.99. The van der Waals surface area contributed by atoms with Gasteiger partial charge in [0.05, 0.1) is 18.1 Å². The summed E-state index contributed by atoms with van der Waals surface area (Å²) in [6, 6.07) is 11.4. The van der Waals surface area contributed by atoms with Crippen LogP contribution in [-0.2, 0) is 16.4 Å². The van der Waals surface area contributed by atoms with Crippen molar-refractivity contribution in [2.45, 2.75) is 44.2 Å². The van der Waals surface area contributed by atoms with Gasteiger partial charge >= 0.3 is 6.18 Å². The lowest BCUT2D eigenvalue weighted by Gasteiger charge is -2.29. The molecule has 144 valence electrons. The molecular weight excluding hydrogens is 355 g/mol. The number of rotatable bonds is 4. The minimum atomic E-state index is -4.56. The Morgan fingerprint density at radius 2 is 1.81 bits per heavy atom. The Hall–Kier alpha value is -2.50. The van der Waals surface area contributed by atoms with Gasteiger partial charge in [-0.2, -0.15) is 13.2 Å². The van der Waals surface area contributed by atoms with E-state index in [1.807, 2.05) is 31.2 Å². The molecule has 1 aliphatic carbocycles. The highest BCUT2D eigenvalue weighted by Crippen LogP contribution is 2.43. The van der Waals surface area contributed by atoms with E-state index in [1.165, 1.54) is 19.2 Å². The zero-order valence-corrected chi connectivity index (χ0v) is 15.3. The molecule has 0 radical (unpaired) electrons. The van der Waals surface area contributed by atoms with Crippen LogP contribution < -0.4 is 10.1 Å². The summed E-state index contributed by atoms with van der Waals surface area (Å²) < 4.78 is 44.5. The van der Waals surface area contributed by atoms with Crippen LogP contribution in [0.15, 0.2) is 42.5 Å². The van der Waals surface area contributed by atoms with Crippen LogP contribution in [0.2, 0.25) is 0 Å². The number of carbonyl (C=O) groups is 1. The fourth-order valence-corrected chi connectivity index (χ4v) is 3.83. The van der Waals surface area contributed by atoms with E-state index in [-0.39, 0.29) is 17.3 Å². The molecule has 3 rings (SSSR count). The molecule has 0 atom stereocenters. The molecule has 1 fully saturated rings. The quantitative estimate of drug-likeness (QED) is 0.767. The monoisotopic (exact) mass is 377 g/mol. The van der Waals surface area contributed by atoms with Crippen molar-refractivity contribution in [2.24, 2.45) is 0 Å². The first-order chi connectivity index (χ1) is 12.8. The molecule has 1 aliphatic rings. The summed E-state index contributed by atoms with van der Waals surface area (Å²) in [5.74, 6) is -0.529. The van der Waals surface area contributed by atoms with Crippen LogP contribution in [0.1, 0.15) is 42.4 Å². The molecule has 1 N–H and O–H groups in total. The Bertz CT molecular complexity index is 840. The van der Waals surface area contributed by atoms with E-state index in [0.29, 0.717) is 12.8 Å². The maximum absolute atomic E-state index is 13.2. The van der Waals surface area contributed by atoms with Crippen LogP contribution in [-0.4, -0.2) is 13.0 Å². The average molecular weight is 377 g/mol.